The maximum atomic E-state index is 10.5. The zero-order chi connectivity index (χ0) is 16.8. The number of aliphatic carboxylic acids is 1. The Morgan fingerprint density at radius 2 is 2.00 bits per heavy atom. The fraction of sp³-hybridized carbons (Fsp3) is 0.278. The molecule has 0 bridgehead atoms. The maximum absolute atomic E-state index is 10.5. The summed E-state index contributed by atoms with van der Waals surface area (Å²) in [6.07, 6.45) is 8.16. The van der Waals surface area contributed by atoms with E-state index >= 15 is 0 Å². The van der Waals surface area contributed by atoms with Crippen LogP contribution < -0.4 is 5.32 Å². The highest BCUT2D eigenvalue weighted by atomic mass is 16.4. The van der Waals surface area contributed by atoms with Crippen LogP contribution in [0.5, 0.6) is 0 Å². The number of nitrogens with zero attached hydrogens (tertiary/aromatic N) is 3. The van der Waals surface area contributed by atoms with E-state index in [4.69, 9.17) is 5.11 Å². The smallest absolute Gasteiger partial charge is 0.303 e. The second-order valence-electron chi connectivity index (χ2n) is 5.64. The average molecular weight is 324 g/mol. The summed E-state index contributed by atoms with van der Waals surface area (Å²) >= 11 is 0. The Morgan fingerprint density at radius 3 is 2.88 bits per heavy atom. The van der Waals surface area contributed by atoms with Crippen molar-refractivity contribution in [2.75, 3.05) is 11.9 Å². The summed E-state index contributed by atoms with van der Waals surface area (Å²) in [5.74, 6) is 0.760. The summed E-state index contributed by atoms with van der Waals surface area (Å²) in [5.41, 5.74) is 1.10. The van der Waals surface area contributed by atoms with Crippen LogP contribution in [0.3, 0.4) is 0 Å². The number of hydrogen-bond donors (Lipinski definition) is 2. The Hall–Kier alpha value is -2.89. The van der Waals surface area contributed by atoms with Crippen molar-refractivity contribution in [1.29, 1.82) is 0 Å². The van der Waals surface area contributed by atoms with Crippen LogP contribution in [0.25, 0.3) is 16.7 Å². The molecule has 2 N–H and O–H groups in total. The van der Waals surface area contributed by atoms with Crippen molar-refractivity contribution in [3.05, 3.63) is 48.9 Å². The van der Waals surface area contributed by atoms with E-state index in [2.05, 4.69) is 33.5 Å². The van der Waals surface area contributed by atoms with Crippen LogP contribution in [0.2, 0.25) is 0 Å². The average Bonchev–Trinajstić information content (AvgIpc) is 3.02. The molecule has 0 fully saturated rings. The number of carboxylic acid groups (broad SMARTS) is 1. The monoisotopic (exact) mass is 324 g/mol. The van der Waals surface area contributed by atoms with Gasteiger partial charge in [-0.1, -0.05) is 24.6 Å². The van der Waals surface area contributed by atoms with Crippen LogP contribution in [0.15, 0.2) is 48.9 Å². The van der Waals surface area contributed by atoms with Gasteiger partial charge in [0.25, 0.3) is 0 Å². The standard InChI is InChI=1S/C18H20N4O2/c23-18(24)8-2-1-5-10-20-16-12-19-13-17(21-16)22-11-9-14-6-3-4-7-15(14)22/h3-4,6-7,9,11-13H,1-2,5,8,10H2,(H,20,21)(H,23,24). The third kappa shape index (κ3) is 3.90. The summed E-state index contributed by atoms with van der Waals surface area (Å²) in [5, 5.41) is 13.0. The molecule has 24 heavy (non-hydrogen) atoms. The van der Waals surface area contributed by atoms with Crippen LogP contribution in [0.4, 0.5) is 5.82 Å². The van der Waals surface area contributed by atoms with Crippen LogP contribution in [-0.2, 0) is 4.79 Å². The molecule has 1 aromatic carbocycles. The summed E-state index contributed by atoms with van der Waals surface area (Å²) < 4.78 is 2.01. The number of para-hydroxylation sites is 1. The van der Waals surface area contributed by atoms with Gasteiger partial charge in [0.05, 0.1) is 17.9 Å². The van der Waals surface area contributed by atoms with Gasteiger partial charge in [0.2, 0.25) is 0 Å². The zero-order valence-electron chi connectivity index (χ0n) is 13.4. The molecule has 0 amide bonds. The fourth-order valence-corrected chi connectivity index (χ4v) is 2.63. The second-order valence-corrected chi connectivity index (χ2v) is 5.64. The number of benzene rings is 1. The summed E-state index contributed by atoms with van der Waals surface area (Å²) in [6.45, 7) is 0.754. The molecule has 0 aliphatic heterocycles. The van der Waals surface area contributed by atoms with Gasteiger partial charge < -0.3 is 10.4 Å². The van der Waals surface area contributed by atoms with E-state index in [0.29, 0.717) is 6.42 Å². The van der Waals surface area contributed by atoms with Gasteiger partial charge in [0.1, 0.15) is 5.82 Å². The first kappa shape index (κ1) is 16.0. The van der Waals surface area contributed by atoms with Gasteiger partial charge in [0, 0.05) is 19.2 Å². The minimum absolute atomic E-state index is 0.232. The van der Waals surface area contributed by atoms with Crippen LogP contribution in [0.1, 0.15) is 25.7 Å². The van der Waals surface area contributed by atoms with Crippen molar-refractivity contribution in [3.8, 4) is 5.82 Å². The van der Waals surface area contributed by atoms with Gasteiger partial charge in [-0.3, -0.25) is 14.3 Å². The number of nitrogens with one attached hydrogen (secondary N) is 1. The van der Waals surface area contributed by atoms with Crippen molar-refractivity contribution < 1.29 is 9.90 Å². The predicted octanol–water partition coefficient (Wildman–Crippen LogP) is 3.48. The van der Waals surface area contributed by atoms with E-state index in [0.717, 1.165) is 41.9 Å². The molecule has 124 valence electrons. The molecule has 6 nitrogen and oxygen atoms in total. The molecule has 0 aliphatic rings. The molecule has 2 aromatic heterocycles. The van der Waals surface area contributed by atoms with Crippen molar-refractivity contribution in [2.24, 2.45) is 0 Å². The normalized spacial score (nSPS) is 10.8. The first-order chi connectivity index (χ1) is 11.7. The van der Waals surface area contributed by atoms with Gasteiger partial charge in [0.15, 0.2) is 5.82 Å². The molecule has 0 unspecified atom stereocenters. The fourth-order valence-electron chi connectivity index (χ4n) is 2.63. The molecule has 0 atom stereocenters. The van der Waals surface area contributed by atoms with Gasteiger partial charge in [-0.25, -0.2) is 4.98 Å². The highest BCUT2D eigenvalue weighted by Crippen LogP contribution is 2.19. The van der Waals surface area contributed by atoms with E-state index in [9.17, 15) is 4.79 Å². The summed E-state index contributed by atoms with van der Waals surface area (Å²) in [4.78, 5) is 19.3. The second kappa shape index (κ2) is 7.59. The Bertz CT molecular complexity index is 829. The van der Waals surface area contributed by atoms with Crippen molar-refractivity contribution in [3.63, 3.8) is 0 Å². The number of hydrogen-bond acceptors (Lipinski definition) is 4. The molecule has 6 heteroatoms. The third-order valence-electron chi connectivity index (χ3n) is 3.84. The lowest BCUT2D eigenvalue weighted by atomic mass is 10.2. The molecule has 0 radical (unpaired) electrons. The first-order valence-electron chi connectivity index (χ1n) is 8.08. The lowest BCUT2D eigenvalue weighted by molar-refractivity contribution is -0.137. The minimum Gasteiger partial charge on any atom is -0.481 e. The number of unbranched alkanes of at least 4 members (excludes halogenated alkanes) is 2. The summed E-state index contributed by atoms with van der Waals surface area (Å²) in [7, 11) is 0. The Labute approximate surface area is 140 Å². The number of carbonyl (C=O) groups is 1. The molecule has 0 spiro atoms. The number of carboxylic acids is 1. The Morgan fingerprint density at radius 1 is 1.12 bits per heavy atom. The Kier molecular flexibility index (Phi) is 5.05. The predicted molar refractivity (Wildman–Crippen MR) is 93.5 cm³/mol. The van der Waals surface area contributed by atoms with Gasteiger partial charge in [-0.2, -0.15) is 0 Å². The number of rotatable bonds is 8. The topological polar surface area (TPSA) is 80.0 Å². The molecule has 0 aliphatic carbocycles. The van der Waals surface area contributed by atoms with Crippen LogP contribution in [-0.4, -0.2) is 32.2 Å². The molecule has 3 aromatic rings. The largest absolute Gasteiger partial charge is 0.481 e. The number of fused-ring (bicyclic) bond motifs is 1. The van der Waals surface area contributed by atoms with Crippen molar-refractivity contribution >= 4 is 22.7 Å². The Balaban J connectivity index is 1.61. The van der Waals surface area contributed by atoms with E-state index in [1.807, 2.05) is 22.9 Å². The molecule has 3 rings (SSSR count). The molecule has 2 heterocycles. The SMILES string of the molecule is O=C(O)CCCCCNc1cncc(-n2ccc3ccccc32)n1. The summed E-state index contributed by atoms with van der Waals surface area (Å²) in [6, 6.07) is 10.2. The third-order valence-corrected chi connectivity index (χ3v) is 3.84. The highest BCUT2D eigenvalue weighted by molar-refractivity contribution is 5.81. The first-order valence-corrected chi connectivity index (χ1v) is 8.08. The van der Waals surface area contributed by atoms with E-state index in [1.165, 1.54) is 0 Å². The van der Waals surface area contributed by atoms with Crippen molar-refractivity contribution in [1.82, 2.24) is 14.5 Å². The lowest BCUT2D eigenvalue weighted by Gasteiger charge is -2.08. The molecular weight excluding hydrogens is 304 g/mol. The van der Waals surface area contributed by atoms with E-state index < -0.39 is 5.97 Å². The van der Waals surface area contributed by atoms with E-state index in [-0.39, 0.29) is 6.42 Å². The van der Waals surface area contributed by atoms with Crippen LogP contribution in [0, 0.1) is 0 Å². The zero-order valence-corrected chi connectivity index (χ0v) is 13.4. The molecule has 0 saturated heterocycles. The number of anilines is 1. The molecule has 0 saturated carbocycles. The van der Waals surface area contributed by atoms with Gasteiger partial charge >= 0.3 is 5.97 Å². The quantitative estimate of drug-likeness (QED) is 0.620. The van der Waals surface area contributed by atoms with E-state index in [1.54, 1.807) is 12.4 Å². The lowest BCUT2D eigenvalue weighted by Crippen LogP contribution is -2.06. The highest BCUT2D eigenvalue weighted by Gasteiger charge is 2.05. The maximum Gasteiger partial charge on any atom is 0.303 e. The number of aromatic nitrogens is 3. The van der Waals surface area contributed by atoms with Gasteiger partial charge in [-0.15, -0.1) is 0 Å². The molecular formula is C18H20N4O2. The van der Waals surface area contributed by atoms with Gasteiger partial charge in [-0.05, 0) is 30.4 Å². The minimum atomic E-state index is -0.736. The van der Waals surface area contributed by atoms with Crippen molar-refractivity contribution in [2.45, 2.75) is 25.7 Å². The van der Waals surface area contributed by atoms with Crippen LogP contribution >= 0.6 is 0 Å².